The van der Waals surface area contributed by atoms with Crippen molar-refractivity contribution in [3.63, 3.8) is 0 Å². The van der Waals surface area contributed by atoms with Crippen LogP contribution in [0.2, 0.25) is 0 Å². The Balaban J connectivity index is 2.16. The van der Waals surface area contributed by atoms with Gasteiger partial charge in [-0.2, -0.15) is 0 Å². The molecule has 1 heterocycles. The van der Waals surface area contributed by atoms with Crippen LogP contribution in [0, 0.1) is 5.82 Å². The number of carbonyl (C=O) groups excluding carboxylic acids is 3. The summed E-state index contributed by atoms with van der Waals surface area (Å²) in [5, 5.41) is 21.5. The van der Waals surface area contributed by atoms with E-state index in [1.165, 1.54) is 18.2 Å². The van der Waals surface area contributed by atoms with Crippen LogP contribution >= 0.6 is 0 Å². The summed E-state index contributed by atoms with van der Waals surface area (Å²) in [6, 6.07) is 12.3. The van der Waals surface area contributed by atoms with E-state index < -0.39 is 41.7 Å². The second kappa shape index (κ2) is 7.41. The van der Waals surface area contributed by atoms with E-state index in [2.05, 4.69) is 0 Å². The van der Waals surface area contributed by atoms with Gasteiger partial charge in [0.15, 0.2) is 0 Å². The van der Waals surface area contributed by atoms with Crippen LogP contribution in [0.5, 0.6) is 0 Å². The van der Waals surface area contributed by atoms with Crippen molar-refractivity contribution >= 4 is 23.4 Å². The topological polar surface area (TPSA) is 97.7 Å². The van der Waals surface area contributed by atoms with Crippen LogP contribution in [-0.4, -0.2) is 34.2 Å². The number of nitrogens with zero attached hydrogens (tertiary/aromatic N) is 1. The predicted octanol–water partition coefficient (Wildman–Crippen LogP) is 1.39. The van der Waals surface area contributed by atoms with Crippen molar-refractivity contribution in [3.05, 3.63) is 77.1 Å². The molecule has 6 nitrogen and oxygen atoms in total. The number of ketones is 1. The van der Waals surface area contributed by atoms with Gasteiger partial charge in [-0.05, 0) is 17.7 Å². The SMILES string of the molecule is O=C([O-])CCN1C(=O)C(=O)C(=C(O)c2ccccc2)[C@H]1c1cccc(F)c1. The molecule has 1 aliphatic rings. The first-order chi connectivity index (χ1) is 12.9. The Morgan fingerprint density at radius 3 is 2.44 bits per heavy atom. The lowest BCUT2D eigenvalue weighted by atomic mass is 9.95. The molecule has 1 amide bonds. The maximum atomic E-state index is 13.7. The highest BCUT2D eigenvalue weighted by Gasteiger charge is 2.45. The fourth-order valence-corrected chi connectivity index (χ4v) is 3.10. The Morgan fingerprint density at radius 2 is 1.81 bits per heavy atom. The quantitative estimate of drug-likeness (QED) is 0.489. The van der Waals surface area contributed by atoms with Gasteiger partial charge in [0, 0.05) is 24.5 Å². The molecule has 0 unspecified atom stereocenters. The Bertz CT molecular complexity index is 938. The van der Waals surface area contributed by atoms with Crippen LogP contribution in [-0.2, 0) is 14.4 Å². The molecule has 2 aromatic carbocycles. The van der Waals surface area contributed by atoms with Gasteiger partial charge in [-0.1, -0.05) is 42.5 Å². The van der Waals surface area contributed by atoms with E-state index in [0.717, 1.165) is 11.0 Å². The first kappa shape index (κ1) is 18.3. The largest absolute Gasteiger partial charge is 0.550 e. The summed E-state index contributed by atoms with van der Waals surface area (Å²) < 4.78 is 13.7. The molecular formula is C20H15FNO5-. The van der Waals surface area contributed by atoms with Crippen molar-refractivity contribution in [1.82, 2.24) is 4.90 Å². The van der Waals surface area contributed by atoms with Crippen LogP contribution in [0.4, 0.5) is 4.39 Å². The van der Waals surface area contributed by atoms with Crippen molar-refractivity contribution in [1.29, 1.82) is 0 Å². The minimum absolute atomic E-state index is 0.213. The van der Waals surface area contributed by atoms with Gasteiger partial charge in [0.1, 0.15) is 11.6 Å². The van der Waals surface area contributed by atoms with E-state index in [-0.39, 0.29) is 17.7 Å². The number of rotatable bonds is 5. The summed E-state index contributed by atoms with van der Waals surface area (Å²) in [6.07, 6.45) is -0.496. The van der Waals surface area contributed by atoms with Crippen molar-refractivity contribution in [2.45, 2.75) is 12.5 Å². The number of hydrogen-bond acceptors (Lipinski definition) is 5. The minimum Gasteiger partial charge on any atom is -0.550 e. The second-order valence-corrected chi connectivity index (χ2v) is 6.04. The van der Waals surface area contributed by atoms with Gasteiger partial charge >= 0.3 is 0 Å². The van der Waals surface area contributed by atoms with Crippen LogP contribution in [0.3, 0.4) is 0 Å². The summed E-state index contributed by atoms with van der Waals surface area (Å²) in [7, 11) is 0. The van der Waals surface area contributed by atoms with Crippen molar-refractivity contribution in [3.8, 4) is 0 Å². The van der Waals surface area contributed by atoms with E-state index in [1.807, 2.05) is 0 Å². The summed E-state index contributed by atoms with van der Waals surface area (Å²) in [5.74, 6) is -4.29. The first-order valence-corrected chi connectivity index (χ1v) is 8.19. The van der Waals surface area contributed by atoms with Crippen molar-refractivity contribution in [2.24, 2.45) is 0 Å². The van der Waals surface area contributed by atoms with E-state index in [9.17, 15) is 29.0 Å². The van der Waals surface area contributed by atoms with Gasteiger partial charge < -0.3 is 19.9 Å². The molecule has 0 bridgehead atoms. The summed E-state index contributed by atoms with van der Waals surface area (Å²) in [6.45, 7) is -0.306. The Morgan fingerprint density at radius 1 is 1.11 bits per heavy atom. The fraction of sp³-hybridized carbons (Fsp3) is 0.150. The van der Waals surface area contributed by atoms with Gasteiger partial charge in [0.05, 0.1) is 11.6 Å². The number of likely N-dealkylation sites (tertiary alicyclic amines) is 1. The predicted molar refractivity (Wildman–Crippen MR) is 91.5 cm³/mol. The number of aliphatic hydroxyl groups excluding tert-OH is 1. The molecular weight excluding hydrogens is 353 g/mol. The number of Topliss-reactive ketones (excluding diaryl/α,β-unsaturated/α-hetero) is 1. The number of amides is 1. The molecule has 1 N–H and O–H groups in total. The van der Waals surface area contributed by atoms with Crippen LogP contribution in [0.1, 0.15) is 23.6 Å². The average molecular weight is 368 g/mol. The summed E-state index contributed by atoms with van der Waals surface area (Å²) in [5.41, 5.74) is 0.358. The molecule has 138 valence electrons. The molecule has 0 spiro atoms. The molecule has 27 heavy (non-hydrogen) atoms. The standard InChI is InChI=1S/C20H16FNO5/c21-14-8-4-7-13(11-14)17-16(18(25)12-5-2-1-3-6-12)19(26)20(27)22(17)10-9-15(23)24/h1-8,11,17,25H,9-10H2,(H,23,24)/p-1/t17-/m1/s1. The smallest absolute Gasteiger partial charge is 0.295 e. The zero-order valence-corrected chi connectivity index (χ0v) is 14.1. The number of carbonyl (C=O) groups is 3. The second-order valence-electron chi connectivity index (χ2n) is 6.04. The lowest BCUT2D eigenvalue weighted by molar-refractivity contribution is -0.305. The molecule has 7 heteroatoms. The molecule has 1 saturated heterocycles. The average Bonchev–Trinajstić information content (AvgIpc) is 2.91. The van der Waals surface area contributed by atoms with Crippen molar-refractivity contribution in [2.75, 3.05) is 6.54 Å². The first-order valence-electron chi connectivity index (χ1n) is 8.19. The Hall–Kier alpha value is -3.48. The molecule has 2 aromatic rings. The fourth-order valence-electron chi connectivity index (χ4n) is 3.10. The van der Waals surface area contributed by atoms with Crippen LogP contribution in [0.15, 0.2) is 60.2 Å². The highest BCUT2D eigenvalue weighted by molar-refractivity contribution is 6.46. The van der Waals surface area contributed by atoms with Gasteiger partial charge in [-0.3, -0.25) is 9.59 Å². The van der Waals surface area contributed by atoms with Gasteiger partial charge in [0.25, 0.3) is 11.7 Å². The minimum atomic E-state index is -1.39. The number of halogens is 1. The molecule has 1 fully saturated rings. The highest BCUT2D eigenvalue weighted by atomic mass is 19.1. The number of benzene rings is 2. The van der Waals surface area contributed by atoms with Crippen LogP contribution < -0.4 is 5.11 Å². The number of carboxylic acid groups (broad SMARTS) is 1. The third-order valence-corrected chi connectivity index (χ3v) is 4.31. The van der Waals surface area contributed by atoms with E-state index in [4.69, 9.17) is 0 Å². The maximum absolute atomic E-state index is 13.7. The molecule has 0 aromatic heterocycles. The number of carboxylic acids is 1. The Kier molecular flexibility index (Phi) is 5.03. The van der Waals surface area contributed by atoms with Gasteiger partial charge in [-0.15, -0.1) is 0 Å². The zero-order chi connectivity index (χ0) is 19.6. The lowest BCUT2D eigenvalue weighted by Crippen LogP contribution is -2.34. The normalized spacial score (nSPS) is 18.7. The molecule has 0 aliphatic carbocycles. The summed E-state index contributed by atoms with van der Waals surface area (Å²) in [4.78, 5) is 36.9. The van der Waals surface area contributed by atoms with E-state index in [1.54, 1.807) is 30.3 Å². The lowest BCUT2D eigenvalue weighted by Gasteiger charge is -2.25. The highest BCUT2D eigenvalue weighted by Crippen LogP contribution is 2.39. The monoisotopic (exact) mass is 368 g/mol. The number of hydrogen-bond donors (Lipinski definition) is 1. The van der Waals surface area contributed by atoms with Gasteiger partial charge in [0.2, 0.25) is 0 Å². The molecule has 1 aliphatic heterocycles. The van der Waals surface area contributed by atoms with Gasteiger partial charge in [-0.25, -0.2) is 4.39 Å². The molecule has 3 rings (SSSR count). The molecule has 1 atom stereocenters. The molecule has 0 radical (unpaired) electrons. The third kappa shape index (κ3) is 3.57. The van der Waals surface area contributed by atoms with Crippen molar-refractivity contribution < 1.29 is 29.0 Å². The van der Waals surface area contributed by atoms with E-state index in [0.29, 0.717) is 5.56 Å². The maximum Gasteiger partial charge on any atom is 0.295 e. The van der Waals surface area contributed by atoms with Crippen LogP contribution in [0.25, 0.3) is 5.76 Å². The summed E-state index contributed by atoms with van der Waals surface area (Å²) >= 11 is 0. The Labute approximate surface area is 154 Å². The number of aliphatic hydroxyl groups is 1. The molecule has 0 saturated carbocycles. The third-order valence-electron chi connectivity index (χ3n) is 4.31. The van der Waals surface area contributed by atoms with E-state index >= 15 is 0 Å². The number of aliphatic carboxylic acids is 1. The zero-order valence-electron chi connectivity index (χ0n) is 14.1.